The molecule has 4 aliphatic rings. The standard InChI is InChI=1S/C41H34N6O6S3/c42-40-43-31(24-56-40)32(45-53-41(27-11-4-1-5-12-27,28-13-6-2-7-14-28)29-15-8-3-9-16-29)35(48)44-33-37(50)47-34(39(51)52)26(23-55-38(33)47)21-25-18-19-46(36(25)49)22-30-17-10-20-54-30/h1-16,20-22,24,33,38H,17-19,23H2,(H2,42,43)(H,44,48)(H,51,52)/b25-21?,30-22+,45-32-/t33-,38-/m1/s1. The number of carboxylic acid groups (broad SMARTS) is 1. The van der Waals surface area contributed by atoms with Gasteiger partial charge in [0.15, 0.2) is 10.8 Å². The Balaban J connectivity index is 1.09. The summed E-state index contributed by atoms with van der Waals surface area (Å²) in [5.41, 5.74) is 7.48. The lowest BCUT2D eigenvalue weighted by Crippen LogP contribution is -2.71. The van der Waals surface area contributed by atoms with Gasteiger partial charge < -0.3 is 25.9 Å². The number of anilines is 1. The molecule has 0 bridgehead atoms. The van der Waals surface area contributed by atoms with Crippen LogP contribution in [0.5, 0.6) is 0 Å². The predicted octanol–water partition coefficient (Wildman–Crippen LogP) is 5.83. The molecule has 0 spiro atoms. The number of β-lactam (4-membered cyclic amide) rings is 1. The molecule has 5 heterocycles. The average molecular weight is 803 g/mol. The van der Waals surface area contributed by atoms with Crippen molar-refractivity contribution in [1.29, 1.82) is 0 Å². The van der Waals surface area contributed by atoms with Crippen molar-refractivity contribution in [2.75, 3.05) is 18.0 Å². The van der Waals surface area contributed by atoms with Gasteiger partial charge in [-0.1, -0.05) is 102 Å². The Morgan fingerprint density at radius 1 is 0.982 bits per heavy atom. The molecule has 3 amide bonds. The van der Waals surface area contributed by atoms with Gasteiger partial charge in [-0.2, -0.15) is 0 Å². The number of aromatic nitrogens is 1. The molecule has 0 radical (unpaired) electrons. The van der Waals surface area contributed by atoms with E-state index in [0.29, 0.717) is 24.1 Å². The normalized spacial score (nSPS) is 21.1. The fourth-order valence-electron chi connectivity index (χ4n) is 7.06. The second kappa shape index (κ2) is 15.7. The third-order valence-corrected chi connectivity index (χ3v) is 12.6. The molecule has 4 N–H and O–H groups in total. The zero-order chi connectivity index (χ0) is 38.8. The van der Waals surface area contributed by atoms with E-state index >= 15 is 0 Å². The first-order valence-corrected chi connectivity index (χ1v) is 20.5. The van der Waals surface area contributed by atoms with Gasteiger partial charge in [-0.05, 0) is 29.9 Å². The number of rotatable bonds is 11. The molecule has 8 rings (SSSR count). The highest BCUT2D eigenvalue weighted by Crippen LogP contribution is 2.43. The molecule has 3 aromatic carbocycles. The Bertz CT molecular complexity index is 2250. The molecule has 15 heteroatoms. The molecule has 0 unspecified atom stereocenters. The van der Waals surface area contributed by atoms with Crippen molar-refractivity contribution < 1.29 is 29.1 Å². The molecule has 1 aromatic heterocycles. The summed E-state index contributed by atoms with van der Waals surface area (Å²) in [4.78, 5) is 68.7. The second-order valence-electron chi connectivity index (χ2n) is 13.1. The number of carbonyl (C=O) groups excluding carboxylic acids is 3. The number of nitrogens with two attached hydrogens (primary N) is 1. The summed E-state index contributed by atoms with van der Waals surface area (Å²) in [6.45, 7) is 0.484. The van der Waals surface area contributed by atoms with Gasteiger partial charge in [-0.25, -0.2) is 9.78 Å². The molecule has 2 fully saturated rings. The van der Waals surface area contributed by atoms with Gasteiger partial charge in [0.2, 0.25) is 5.60 Å². The molecule has 4 aliphatic heterocycles. The van der Waals surface area contributed by atoms with Gasteiger partial charge in [0.05, 0.1) is 0 Å². The van der Waals surface area contributed by atoms with Crippen LogP contribution >= 0.6 is 34.9 Å². The monoisotopic (exact) mass is 802 g/mol. The van der Waals surface area contributed by atoms with E-state index in [1.807, 2.05) is 109 Å². The summed E-state index contributed by atoms with van der Waals surface area (Å²) in [6.07, 6.45) is 6.68. The number of hydrogen-bond acceptors (Lipinski definition) is 11. The minimum Gasteiger partial charge on any atom is -0.477 e. The summed E-state index contributed by atoms with van der Waals surface area (Å²) in [6, 6.07) is 27.4. The Labute approximate surface area is 334 Å². The van der Waals surface area contributed by atoms with Gasteiger partial charge in [0.25, 0.3) is 17.7 Å². The number of aliphatic carboxylic acids is 1. The van der Waals surface area contributed by atoms with Crippen LogP contribution in [0.3, 0.4) is 0 Å². The van der Waals surface area contributed by atoms with Crippen LogP contribution in [0, 0.1) is 0 Å². The molecule has 4 aromatic rings. The van der Waals surface area contributed by atoms with Crippen LogP contribution in [-0.2, 0) is 29.6 Å². The van der Waals surface area contributed by atoms with Crippen LogP contribution in [0.25, 0.3) is 0 Å². The maximum Gasteiger partial charge on any atom is 0.352 e. The molecule has 0 aliphatic carbocycles. The number of carboxylic acids is 1. The number of benzene rings is 3. The smallest absolute Gasteiger partial charge is 0.352 e. The highest BCUT2D eigenvalue weighted by molar-refractivity contribution is 8.06. The third kappa shape index (κ3) is 6.93. The van der Waals surface area contributed by atoms with Gasteiger partial charge in [-0.15, -0.1) is 34.9 Å². The van der Waals surface area contributed by atoms with E-state index in [2.05, 4.69) is 15.5 Å². The minimum atomic E-state index is -1.31. The molecule has 2 saturated heterocycles. The fraction of sp³-hybridized carbons (Fsp3) is 0.171. The lowest BCUT2D eigenvalue weighted by molar-refractivity contribution is -0.150. The fourth-order valence-corrected chi connectivity index (χ4v) is 9.66. The summed E-state index contributed by atoms with van der Waals surface area (Å²) in [5, 5.41) is 20.6. The lowest BCUT2D eigenvalue weighted by atomic mass is 9.80. The highest BCUT2D eigenvalue weighted by atomic mass is 32.2. The topological polar surface area (TPSA) is 168 Å². The number of thioether (sulfide) groups is 2. The van der Waals surface area contributed by atoms with Crippen molar-refractivity contribution in [3.63, 3.8) is 0 Å². The zero-order valence-corrected chi connectivity index (χ0v) is 32.1. The molecule has 282 valence electrons. The summed E-state index contributed by atoms with van der Waals surface area (Å²) in [5.74, 6) is -2.65. The molecule has 2 atom stereocenters. The van der Waals surface area contributed by atoms with Crippen LogP contribution in [0.2, 0.25) is 0 Å². The number of allylic oxidation sites excluding steroid dienone is 3. The van der Waals surface area contributed by atoms with E-state index in [1.165, 1.54) is 16.7 Å². The summed E-state index contributed by atoms with van der Waals surface area (Å²) >= 11 is 3.98. The Kier molecular flexibility index (Phi) is 10.4. The highest BCUT2D eigenvalue weighted by Gasteiger charge is 2.54. The zero-order valence-electron chi connectivity index (χ0n) is 29.6. The van der Waals surface area contributed by atoms with Crippen molar-refractivity contribution in [2.45, 2.75) is 29.9 Å². The molecular weight excluding hydrogens is 769 g/mol. The number of nitrogens with zero attached hydrogens (tertiary/aromatic N) is 4. The quantitative estimate of drug-likeness (QED) is 0.0552. The molecular formula is C41H34N6O6S3. The van der Waals surface area contributed by atoms with Crippen LogP contribution in [0.1, 0.15) is 35.2 Å². The first-order chi connectivity index (χ1) is 27.2. The summed E-state index contributed by atoms with van der Waals surface area (Å²) in [7, 11) is 0. The van der Waals surface area contributed by atoms with Crippen LogP contribution in [-0.4, -0.2) is 73.0 Å². The van der Waals surface area contributed by atoms with E-state index in [-0.39, 0.29) is 33.9 Å². The van der Waals surface area contributed by atoms with Crippen molar-refractivity contribution in [3.8, 4) is 0 Å². The SMILES string of the molecule is Nc1nc(/C(=N/OC(c2ccccc2)(c2ccccc2)c2ccccc2)C(=O)N[C@@H]2C(=O)N3C(C(=O)O)=C(C=C4CCN(/C=C5\CC=CS5)C4=O)CS[C@H]23)cs1. The van der Waals surface area contributed by atoms with Crippen molar-refractivity contribution in [1.82, 2.24) is 20.1 Å². The Morgan fingerprint density at radius 3 is 2.18 bits per heavy atom. The number of carbonyl (C=O) groups is 4. The maximum atomic E-state index is 14.2. The van der Waals surface area contributed by atoms with Crippen LogP contribution in [0.4, 0.5) is 5.13 Å². The number of nitrogens with one attached hydrogen (secondary N) is 1. The van der Waals surface area contributed by atoms with E-state index in [9.17, 15) is 24.3 Å². The van der Waals surface area contributed by atoms with Crippen molar-refractivity contribution >= 4 is 69.4 Å². The van der Waals surface area contributed by atoms with E-state index < -0.39 is 34.8 Å². The second-order valence-corrected chi connectivity index (χ2v) is 16.2. The van der Waals surface area contributed by atoms with Crippen LogP contribution in [0.15, 0.2) is 147 Å². The number of nitrogen functional groups attached to an aromatic ring is 1. The van der Waals surface area contributed by atoms with Gasteiger partial charge in [0, 0.05) is 51.0 Å². The Hall–Kier alpha value is -5.90. The van der Waals surface area contributed by atoms with E-state index in [4.69, 9.17) is 10.6 Å². The number of thiazole rings is 1. The van der Waals surface area contributed by atoms with Gasteiger partial charge >= 0.3 is 5.97 Å². The van der Waals surface area contributed by atoms with E-state index in [1.54, 1.807) is 28.1 Å². The molecule has 56 heavy (non-hydrogen) atoms. The number of likely N-dealkylation sites (tertiary alicyclic amines) is 1. The van der Waals surface area contributed by atoms with Crippen molar-refractivity contribution in [2.24, 2.45) is 5.16 Å². The largest absolute Gasteiger partial charge is 0.477 e. The number of hydrogen-bond donors (Lipinski definition) is 3. The van der Waals surface area contributed by atoms with Gasteiger partial charge in [-0.3, -0.25) is 19.3 Å². The maximum absolute atomic E-state index is 14.2. The Morgan fingerprint density at radius 2 is 1.62 bits per heavy atom. The molecule has 0 saturated carbocycles. The average Bonchev–Trinajstić information content (AvgIpc) is 3.99. The first-order valence-electron chi connectivity index (χ1n) is 17.6. The van der Waals surface area contributed by atoms with Gasteiger partial charge in [0.1, 0.15) is 22.8 Å². The number of oxime groups is 1. The lowest BCUT2D eigenvalue weighted by Gasteiger charge is -2.49. The van der Waals surface area contributed by atoms with E-state index in [0.717, 1.165) is 39.4 Å². The first kappa shape index (κ1) is 37.0. The minimum absolute atomic E-state index is 0.141. The number of amides is 3. The predicted molar refractivity (Wildman–Crippen MR) is 217 cm³/mol. The summed E-state index contributed by atoms with van der Waals surface area (Å²) < 4.78 is 0. The van der Waals surface area contributed by atoms with Crippen molar-refractivity contribution in [3.05, 3.63) is 164 Å². The van der Waals surface area contributed by atoms with Crippen LogP contribution < -0.4 is 11.1 Å². The molecule has 12 nitrogen and oxygen atoms in total. The third-order valence-electron chi connectivity index (χ3n) is 9.72. The number of fused-ring (bicyclic) bond motifs is 1.